The van der Waals surface area contributed by atoms with Gasteiger partial charge >= 0.3 is 0 Å². The number of hydrogen-bond acceptors (Lipinski definition) is 5. The Balaban J connectivity index is 1.51. The van der Waals surface area contributed by atoms with Crippen LogP contribution in [0.4, 0.5) is 5.13 Å². The van der Waals surface area contributed by atoms with Crippen LogP contribution in [-0.4, -0.2) is 15.9 Å². The van der Waals surface area contributed by atoms with Crippen molar-refractivity contribution in [2.75, 3.05) is 4.90 Å². The molecule has 4 nitrogen and oxygen atoms in total. The molecular weight excluding hydrogens is 482 g/mol. The predicted molar refractivity (Wildman–Crippen MR) is 151 cm³/mol. The van der Waals surface area contributed by atoms with Crippen molar-refractivity contribution in [3.63, 3.8) is 0 Å². The number of anilines is 1. The van der Waals surface area contributed by atoms with Crippen molar-refractivity contribution in [1.82, 2.24) is 9.97 Å². The number of thiazole rings is 1. The Morgan fingerprint density at radius 3 is 2.47 bits per heavy atom. The molecule has 36 heavy (non-hydrogen) atoms. The minimum absolute atomic E-state index is 0.0787. The number of aryl methyl sites for hydroxylation is 1. The van der Waals surface area contributed by atoms with Gasteiger partial charge in [-0.05, 0) is 53.3 Å². The molecule has 0 N–H and O–H groups in total. The Labute approximate surface area is 217 Å². The number of rotatable bonds is 6. The number of carbonyl (C=O) groups excluding carboxylic acids is 1. The zero-order valence-corrected chi connectivity index (χ0v) is 21.4. The van der Waals surface area contributed by atoms with Crippen LogP contribution in [0.2, 0.25) is 0 Å². The van der Waals surface area contributed by atoms with Gasteiger partial charge in [0.2, 0.25) is 0 Å². The molecule has 0 spiro atoms. The number of thiophene rings is 1. The minimum atomic E-state index is -0.0787. The van der Waals surface area contributed by atoms with Gasteiger partial charge in [-0.15, -0.1) is 11.3 Å². The van der Waals surface area contributed by atoms with Crippen LogP contribution in [0.3, 0.4) is 0 Å². The number of amides is 1. The summed E-state index contributed by atoms with van der Waals surface area (Å²) in [6, 6.07) is 30.3. The van der Waals surface area contributed by atoms with E-state index in [1.807, 2.05) is 83.1 Å². The van der Waals surface area contributed by atoms with Crippen molar-refractivity contribution in [2.45, 2.75) is 19.9 Å². The summed E-state index contributed by atoms with van der Waals surface area (Å²) in [5.74, 6) is -0.0787. The van der Waals surface area contributed by atoms with E-state index in [-0.39, 0.29) is 5.91 Å². The second-order valence-corrected chi connectivity index (χ2v) is 10.5. The zero-order valence-electron chi connectivity index (χ0n) is 19.7. The van der Waals surface area contributed by atoms with E-state index in [1.165, 1.54) is 5.56 Å². The molecular formula is C30H23N3OS2. The van der Waals surface area contributed by atoms with Gasteiger partial charge in [0, 0.05) is 5.39 Å². The first kappa shape index (κ1) is 22.6. The van der Waals surface area contributed by atoms with Gasteiger partial charge in [-0.2, -0.15) is 0 Å². The Morgan fingerprint density at radius 1 is 0.833 bits per heavy atom. The highest BCUT2D eigenvalue weighted by molar-refractivity contribution is 7.22. The Morgan fingerprint density at radius 2 is 1.67 bits per heavy atom. The van der Waals surface area contributed by atoms with E-state index >= 15 is 0 Å². The van der Waals surface area contributed by atoms with E-state index in [9.17, 15) is 4.79 Å². The molecule has 0 atom stereocenters. The lowest BCUT2D eigenvalue weighted by Gasteiger charge is -2.21. The molecule has 0 saturated heterocycles. The van der Waals surface area contributed by atoms with Crippen molar-refractivity contribution >= 4 is 54.8 Å². The predicted octanol–water partition coefficient (Wildman–Crippen LogP) is 7.98. The van der Waals surface area contributed by atoms with E-state index in [1.54, 1.807) is 22.7 Å². The van der Waals surface area contributed by atoms with Crippen LogP contribution in [0.5, 0.6) is 0 Å². The summed E-state index contributed by atoms with van der Waals surface area (Å²) in [6.45, 7) is 2.58. The normalized spacial score (nSPS) is 11.2. The fourth-order valence-electron chi connectivity index (χ4n) is 4.33. The molecule has 0 saturated carbocycles. The summed E-state index contributed by atoms with van der Waals surface area (Å²) in [4.78, 5) is 27.0. The van der Waals surface area contributed by atoms with Crippen molar-refractivity contribution in [3.05, 3.63) is 113 Å². The van der Waals surface area contributed by atoms with Gasteiger partial charge in [0.25, 0.3) is 5.91 Å². The molecule has 6 heteroatoms. The first-order valence-corrected chi connectivity index (χ1v) is 13.6. The molecule has 0 aliphatic heterocycles. The van der Waals surface area contributed by atoms with Crippen molar-refractivity contribution in [3.8, 4) is 10.6 Å². The molecule has 6 rings (SSSR count). The SMILES string of the molecule is CCc1ccc2nc(N(Cc3ccccc3)C(=O)c3cc(-c4cccs4)nc4ccccc34)sc2c1. The van der Waals surface area contributed by atoms with E-state index in [0.29, 0.717) is 17.2 Å². The van der Waals surface area contributed by atoms with Gasteiger partial charge in [-0.3, -0.25) is 9.69 Å². The summed E-state index contributed by atoms with van der Waals surface area (Å²) < 4.78 is 1.09. The summed E-state index contributed by atoms with van der Waals surface area (Å²) >= 11 is 3.19. The molecule has 0 aliphatic rings. The number of nitrogens with zero attached hydrogens (tertiary/aromatic N) is 3. The third-order valence-electron chi connectivity index (χ3n) is 6.23. The zero-order chi connectivity index (χ0) is 24.5. The third kappa shape index (κ3) is 4.30. The van der Waals surface area contributed by atoms with Crippen molar-refractivity contribution in [1.29, 1.82) is 0 Å². The Bertz CT molecular complexity index is 1670. The molecule has 1 amide bonds. The summed E-state index contributed by atoms with van der Waals surface area (Å²) in [6.07, 6.45) is 0.963. The Hall–Kier alpha value is -3.87. The molecule has 3 heterocycles. The number of aromatic nitrogens is 2. The van der Waals surface area contributed by atoms with Crippen LogP contribution < -0.4 is 4.90 Å². The minimum Gasteiger partial charge on any atom is -0.279 e. The first-order chi connectivity index (χ1) is 17.7. The van der Waals surface area contributed by atoms with Crippen LogP contribution in [-0.2, 0) is 13.0 Å². The standard InChI is InChI=1S/C30H23N3OS2/c1-2-20-14-15-25-28(17-20)36-30(32-25)33(19-21-9-4-3-5-10-21)29(34)23-18-26(27-13-8-16-35-27)31-24-12-7-6-11-22(23)24/h3-18H,2,19H2,1H3. The molecule has 3 aromatic heterocycles. The first-order valence-electron chi connectivity index (χ1n) is 11.9. The molecule has 0 aliphatic carbocycles. The number of hydrogen-bond donors (Lipinski definition) is 0. The van der Waals surface area contributed by atoms with Gasteiger partial charge in [0.15, 0.2) is 5.13 Å². The van der Waals surface area contributed by atoms with E-state index in [0.717, 1.165) is 43.7 Å². The van der Waals surface area contributed by atoms with E-state index < -0.39 is 0 Å². The largest absolute Gasteiger partial charge is 0.279 e. The van der Waals surface area contributed by atoms with Crippen molar-refractivity contribution in [2.24, 2.45) is 0 Å². The fourth-order valence-corrected chi connectivity index (χ4v) is 6.05. The molecule has 0 bridgehead atoms. The number of para-hydroxylation sites is 1. The monoisotopic (exact) mass is 505 g/mol. The van der Waals surface area contributed by atoms with Gasteiger partial charge in [-0.1, -0.05) is 78.9 Å². The van der Waals surface area contributed by atoms with Crippen LogP contribution in [0.15, 0.2) is 96.4 Å². The van der Waals surface area contributed by atoms with Crippen LogP contribution in [0.25, 0.3) is 31.7 Å². The quantitative estimate of drug-likeness (QED) is 0.230. The lowest BCUT2D eigenvalue weighted by Crippen LogP contribution is -2.30. The highest BCUT2D eigenvalue weighted by atomic mass is 32.1. The molecule has 0 fully saturated rings. The van der Waals surface area contributed by atoms with Crippen LogP contribution in [0.1, 0.15) is 28.4 Å². The molecule has 0 radical (unpaired) electrons. The fraction of sp³-hybridized carbons (Fsp3) is 0.100. The molecule has 0 unspecified atom stereocenters. The van der Waals surface area contributed by atoms with Gasteiger partial charge < -0.3 is 0 Å². The maximum absolute atomic E-state index is 14.4. The molecule has 3 aromatic carbocycles. The summed E-state index contributed by atoms with van der Waals surface area (Å²) in [5.41, 5.74) is 5.48. The van der Waals surface area contributed by atoms with Crippen LogP contribution >= 0.6 is 22.7 Å². The second-order valence-electron chi connectivity index (χ2n) is 8.58. The maximum atomic E-state index is 14.4. The summed E-state index contributed by atoms with van der Waals surface area (Å²) in [5, 5.41) is 3.57. The lowest BCUT2D eigenvalue weighted by molar-refractivity contribution is 0.0986. The van der Waals surface area contributed by atoms with Gasteiger partial charge in [-0.25, -0.2) is 9.97 Å². The Kier molecular flexibility index (Phi) is 6.05. The van der Waals surface area contributed by atoms with E-state index in [2.05, 4.69) is 25.1 Å². The van der Waals surface area contributed by atoms with E-state index in [4.69, 9.17) is 9.97 Å². The van der Waals surface area contributed by atoms with Gasteiger partial charge in [0.1, 0.15) is 0 Å². The lowest BCUT2D eigenvalue weighted by atomic mass is 10.1. The number of benzene rings is 3. The molecule has 6 aromatic rings. The molecule has 176 valence electrons. The highest BCUT2D eigenvalue weighted by Crippen LogP contribution is 2.34. The highest BCUT2D eigenvalue weighted by Gasteiger charge is 2.25. The van der Waals surface area contributed by atoms with Gasteiger partial charge in [0.05, 0.1) is 38.4 Å². The average molecular weight is 506 g/mol. The topological polar surface area (TPSA) is 46.1 Å². The third-order valence-corrected chi connectivity index (χ3v) is 8.16. The summed E-state index contributed by atoms with van der Waals surface area (Å²) in [7, 11) is 0. The average Bonchev–Trinajstić information content (AvgIpc) is 3.61. The number of fused-ring (bicyclic) bond motifs is 2. The maximum Gasteiger partial charge on any atom is 0.261 e. The number of carbonyl (C=O) groups is 1. The van der Waals surface area contributed by atoms with Crippen LogP contribution in [0, 0.1) is 0 Å². The smallest absolute Gasteiger partial charge is 0.261 e. The second kappa shape index (κ2) is 9.64. The number of pyridine rings is 1. The van der Waals surface area contributed by atoms with Crippen molar-refractivity contribution < 1.29 is 4.79 Å².